The van der Waals surface area contributed by atoms with Gasteiger partial charge in [0, 0.05) is 0 Å². The van der Waals surface area contributed by atoms with E-state index in [4.69, 9.17) is 0 Å². The van der Waals surface area contributed by atoms with Gasteiger partial charge in [0.25, 0.3) is 5.79 Å². The van der Waals surface area contributed by atoms with Gasteiger partial charge in [0.05, 0.1) is 18.3 Å². The second-order valence-electron chi connectivity index (χ2n) is 2.95. The van der Waals surface area contributed by atoms with Crippen LogP contribution in [0.1, 0.15) is 0 Å². The first kappa shape index (κ1) is 8.80. The maximum Gasteiger partial charge on any atom is 0.251 e. The highest BCUT2D eigenvalue weighted by molar-refractivity contribution is 5.60. The zero-order chi connectivity index (χ0) is 10.0. The molecule has 1 aromatic heterocycles. The lowest BCUT2D eigenvalue weighted by atomic mass is 9.94. The number of alkyl halides is 1. The Bertz CT molecular complexity index is 385. The van der Waals surface area contributed by atoms with Crippen molar-refractivity contribution in [3.8, 4) is 0 Å². The van der Waals surface area contributed by atoms with Gasteiger partial charge in [-0.3, -0.25) is 0 Å². The molecule has 0 saturated heterocycles. The largest absolute Gasteiger partial charge is 0.303 e. The second kappa shape index (κ2) is 3.17. The first-order chi connectivity index (χ1) is 6.77. The first-order valence-corrected chi connectivity index (χ1v) is 4.14. The molecule has 4 nitrogen and oxygen atoms in total. The fourth-order valence-electron chi connectivity index (χ4n) is 1.35. The summed E-state index contributed by atoms with van der Waals surface area (Å²) in [5, 5.41) is 7.39. The molecule has 0 N–H and O–H groups in total. The van der Waals surface area contributed by atoms with E-state index in [1.165, 1.54) is 30.6 Å². The number of allylic oxidation sites excluding steroid dienone is 4. The average molecular weight is 193 g/mol. The number of aromatic nitrogens is 3. The van der Waals surface area contributed by atoms with Crippen molar-refractivity contribution in [1.82, 2.24) is 15.0 Å². The molecule has 0 amide bonds. The molecule has 0 spiro atoms. The Kier molecular flexibility index (Phi) is 1.99. The maximum absolute atomic E-state index is 14.3. The van der Waals surface area contributed by atoms with Crippen molar-refractivity contribution in [2.24, 2.45) is 5.92 Å². The lowest BCUT2D eigenvalue weighted by molar-refractivity contribution is -0.115. The van der Waals surface area contributed by atoms with Crippen LogP contribution >= 0.6 is 0 Å². The van der Waals surface area contributed by atoms with Gasteiger partial charge >= 0.3 is 0 Å². The Hall–Kier alpha value is -1.78. The van der Waals surface area contributed by atoms with Crippen molar-refractivity contribution in [2.45, 2.75) is 5.79 Å². The SMILES string of the molecule is O=CC1C=CC=CC1(F)n1nccn1. The Labute approximate surface area is 79.7 Å². The van der Waals surface area contributed by atoms with E-state index in [1.807, 2.05) is 0 Å². The van der Waals surface area contributed by atoms with Gasteiger partial charge in [0.15, 0.2) is 0 Å². The van der Waals surface area contributed by atoms with Crippen molar-refractivity contribution in [3.05, 3.63) is 36.7 Å². The maximum atomic E-state index is 14.3. The molecular weight excluding hydrogens is 185 g/mol. The Balaban J connectivity index is 2.43. The van der Waals surface area contributed by atoms with Crippen LogP contribution < -0.4 is 0 Å². The first-order valence-electron chi connectivity index (χ1n) is 4.14. The van der Waals surface area contributed by atoms with Gasteiger partial charge in [-0.2, -0.15) is 10.2 Å². The highest BCUT2D eigenvalue weighted by atomic mass is 19.1. The number of aldehydes is 1. The van der Waals surface area contributed by atoms with Crippen LogP contribution in [0.5, 0.6) is 0 Å². The average Bonchev–Trinajstić information content (AvgIpc) is 2.72. The van der Waals surface area contributed by atoms with Gasteiger partial charge < -0.3 is 4.79 Å². The normalized spacial score (nSPS) is 30.5. The van der Waals surface area contributed by atoms with Crippen molar-refractivity contribution < 1.29 is 9.18 Å². The molecule has 0 radical (unpaired) electrons. The van der Waals surface area contributed by atoms with Crippen LogP contribution in [0.25, 0.3) is 0 Å². The van der Waals surface area contributed by atoms with Gasteiger partial charge in [0.1, 0.15) is 6.29 Å². The van der Waals surface area contributed by atoms with Gasteiger partial charge in [-0.05, 0) is 6.08 Å². The number of hydrogen-bond acceptors (Lipinski definition) is 3. The molecular formula is C9H8FN3O. The van der Waals surface area contributed by atoms with E-state index < -0.39 is 11.7 Å². The summed E-state index contributed by atoms with van der Waals surface area (Å²) in [4.78, 5) is 11.6. The van der Waals surface area contributed by atoms with E-state index in [-0.39, 0.29) is 0 Å². The summed E-state index contributed by atoms with van der Waals surface area (Å²) in [6.07, 6.45) is 9.19. The lowest BCUT2D eigenvalue weighted by Gasteiger charge is -2.26. The van der Waals surface area contributed by atoms with E-state index >= 15 is 0 Å². The number of hydrogen-bond donors (Lipinski definition) is 0. The highest BCUT2D eigenvalue weighted by Crippen LogP contribution is 2.30. The van der Waals surface area contributed by atoms with Crippen molar-refractivity contribution in [1.29, 1.82) is 0 Å². The third-order valence-electron chi connectivity index (χ3n) is 2.10. The molecule has 5 heteroatoms. The molecule has 2 unspecified atom stereocenters. The Morgan fingerprint density at radius 1 is 1.36 bits per heavy atom. The minimum atomic E-state index is -1.97. The predicted molar refractivity (Wildman–Crippen MR) is 46.9 cm³/mol. The fourth-order valence-corrected chi connectivity index (χ4v) is 1.35. The number of rotatable bonds is 2. The summed E-state index contributed by atoms with van der Waals surface area (Å²) in [6.45, 7) is 0. The summed E-state index contributed by atoms with van der Waals surface area (Å²) in [5.74, 6) is -2.85. The summed E-state index contributed by atoms with van der Waals surface area (Å²) in [6, 6.07) is 0. The topological polar surface area (TPSA) is 47.8 Å². The van der Waals surface area contributed by atoms with Crippen LogP contribution in [0.3, 0.4) is 0 Å². The van der Waals surface area contributed by atoms with Crippen LogP contribution in [0.4, 0.5) is 4.39 Å². The van der Waals surface area contributed by atoms with E-state index in [0.717, 1.165) is 4.80 Å². The number of carbonyl (C=O) groups is 1. The summed E-state index contributed by atoms with van der Waals surface area (Å²) in [7, 11) is 0. The standard InChI is InChI=1S/C9H8FN3O/c10-9(13-11-5-6-12-13)4-2-1-3-8(9)7-14/h1-8H. The molecule has 0 aliphatic heterocycles. The molecule has 0 aromatic carbocycles. The quantitative estimate of drug-likeness (QED) is 0.654. The molecule has 1 heterocycles. The van der Waals surface area contributed by atoms with Crippen LogP contribution in [-0.2, 0) is 10.6 Å². The monoisotopic (exact) mass is 193 g/mol. The molecule has 1 aliphatic rings. The highest BCUT2D eigenvalue weighted by Gasteiger charge is 2.40. The van der Waals surface area contributed by atoms with Crippen LogP contribution in [-0.4, -0.2) is 21.3 Å². The van der Waals surface area contributed by atoms with Crippen molar-refractivity contribution in [3.63, 3.8) is 0 Å². The third kappa shape index (κ3) is 1.17. The van der Waals surface area contributed by atoms with Gasteiger partial charge in [-0.25, -0.2) is 4.39 Å². The number of carbonyl (C=O) groups excluding carboxylic acids is 1. The number of halogens is 1. The molecule has 1 aliphatic carbocycles. The second-order valence-corrected chi connectivity index (χ2v) is 2.95. The molecule has 0 bridgehead atoms. The zero-order valence-corrected chi connectivity index (χ0v) is 7.25. The predicted octanol–water partition coefficient (Wildman–Crippen LogP) is 0.841. The fraction of sp³-hybridized carbons (Fsp3) is 0.222. The van der Waals surface area contributed by atoms with Crippen molar-refractivity contribution >= 4 is 6.29 Å². The van der Waals surface area contributed by atoms with Crippen molar-refractivity contribution in [2.75, 3.05) is 0 Å². The van der Waals surface area contributed by atoms with E-state index in [0.29, 0.717) is 6.29 Å². The molecule has 0 fully saturated rings. The molecule has 2 rings (SSSR count). The van der Waals surface area contributed by atoms with Gasteiger partial charge in [0.2, 0.25) is 0 Å². The van der Waals surface area contributed by atoms with Gasteiger partial charge in [-0.15, -0.1) is 4.80 Å². The molecule has 72 valence electrons. The minimum absolute atomic E-state index is 0.545. The molecule has 1 aromatic rings. The molecule has 2 atom stereocenters. The smallest absolute Gasteiger partial charge is 0.251 e. The Morgan fingerprint density at radius 2 is 2.07 bits per heavy atom. The third-order valence-corrected chi connectivity index (χ3v) is 2.10. The van der Waals surface area contributed by atoms with Crippen LogP contribution in [0, 0.1) is 5.92 Å². The summed E-state index contributed by atoms with van der Waals surface area (Å²) >= 11 is 0. The summed E-state index contributed by atoms with van der Waals surface area (Å²) < 4.78 is 14.3. The van der Waals surface area contributed by atoms with Gasteiger partial charge in [-0.1, -0.05) is 18.2 Å². The lowest BCUT2D eigenvalue weighted by Crippen LogP contribution is -2.38. The van der Waals surface area contributed by atoms with Crippen LogP contribution in [0.2, 0.25) is 0 Å². The minimum Gasteiger partial charge on any atom is -0.303 e. The van der Waals surface area contributed by atoms with E-state index in [1.54, 1.807) is 6.08 Å². The van der Waals surface area contributed by atoms with E-state index in [9.17, 15) is 9.18 Å². The Morgan fingerprint density at radius 3 is 2.71 bits per heavy atom. The van der Waals surface area contributed by atoms with E-state index in [2.05, 4.69) is 10.2 Å². The zero-order valence-electron chi connectivity index (χ0n) is 7.25. The molecule has 14 heavy (non-hydrogen) atoms. The molecule has 0 saturated carbocycles. The summed E-state index contributed by atoms with van der Waals surface area (Å²) in [5.41, 5.74) is 0. The number of nitrogens with zero attached hydrogens (tertiary/aromatic N) is 3. The van der Waals surface area contributed by atoms with Crippen LogP contribution in [0.15, 0.2) is 36.7 Å².